The number of hydrogen-bond acceptors (Lipinski definition) is 4. The monoisotopic (exact) mass is 224 g/mol. The molecule has 0 bridgehead atoms. The molecule has 0 unspecified atom stereocenters. The zero-order valence-electron chi connectivity index (χ0n) is 8.18. The highest BCUT2D eigenvalue weighted by molar-refractivity contribution is 8.82. The zero-order valence-corrected chi connectivity index (χ0v) is 9.81. The molecule has 0 saturated heterocycles. The van der Waals surface area contributed by atoms with Gasteiger partial charge in [-0.15, -0.1) is 0 Å². The molecule has 0 aromatic carbocycles. The number of aromatic nitrogens is 1. The number of rotatable bonds is 3. The van der Waals surface area contributed by atoms with Gasteiger partial charge in [0.05, 0.1) is 5.04 Å². The van der Waals surface area contributed by atoms with Crippen molar-refractivity contribution in [3.63, 3.8) is 0 Å². The Kier molecular flexibility index (Phi) is 5.40. The predicted octanol–water partition coefficient (Wildman–Crippen LogP) is 3.77. The van der Waals surface area contributed by atoms with Crippen LogP contribution in [0.4, 0.5) is 0 Å². The van der Waals surface area contributed by atoms with Gasteiger partial charge in [-0.25, -0.2) is 4.98 Å². The van der Waals surface area contributed by atoms with Gasteiger partial charge < -0.3 is 0 Å². The largest absolute Gasteiger partial charge is 0.254 e. The number of pyridine rings is 1. The second kappa shape index (κ2) is 6.68. The van der Waals surface area contributed by atoms with Gasteiger partial charge in [-0.3, -0.25) is 4.99 Å². The van der Waals surface area contributed by atoms with E-state index in [1.54, 1.807) is 34.0 Å². The summed E-state index contributed by atoms with van der Waals surface area (Å²) in [6.45, 7) is 3.94. The molecular weight excluding hydrogens is 212 g/mol. The molecule has 2 nitrogen and oxygen atoms in total. The molecule has 0 aliphatic carbocycles. The van der Waals surface area contributed by atoms with Crippen molar-refractivity contribution in [3.05, 3.63) is 36.7 Å². The maximum atomic E-state index is 4.21. The van der Waals surface area contributed by atoms with Gasteiger partial charge in [-0.1, -0.05) is 12.1 Å². The van der Waals surface area contributed by atoms with Gasteiger partial charge in [0, 0.05) is 12.4 Å². The molecule has 1 heterocycles. The highest BCUT2D eigenvalue weighted by Gasteiger charge is 1.96. The van der Waals surface area contributed by atoms with Crippen LogP contribution in [0.25, 0.3) is 0 Å². The Hall–Kier alpha value is -0.740. The van der Waals surface area contributed by atoms with Crippen LogP contribution in [0.3, 0.4) is 0 Å². The van der Waals surface area contributed by atoms with E-state index in [0.717, 1.165) is 10.1 Å². The highest BCUT2D eigenvalue weighted by Crippen LogP contribution is 2.29. The first-order chi connectivity index (χ1) is 6.83. The van der Waals surface area contributed by atoms with Crippen LogP contribution in [0.2, 0.25) is 0 Å². The zero-order chi connectivity index (χ0) is 10.2. The minimum atomic E-state index is 1.01. The smallest absolute Gasteiger partial charge is 0.107 e. The van der Waals surface area contributed by atoms with Crippen LogP contribution >= 0.6 is 21.6 Å². The molecule has 1 rings (SSSR count). The van der Waals surface area contributed by atoms with E-state index in [1.165, 1.54) is 0 Å². The lowest BCUT2D eigenvalue weighted by Crippen LogP contribution is -1.79. The summed E-state index contributed by atoms with van der Waals surface area (Å²) in [7, 11) is 3.24. The molecule has 0 aliphatic heterocycles. The van der Waals surface area contributed by atoms with Crippen LogP contribution in [0.1, 0.15) is 13.8 Å². The van der Waals surface area contributed by atoms with Crippen molar-refractivity contribution in [2.24, 2.45) is 4.99 Å². The first kappa shape index (κ1) is 11.3. The Labute approximate surface area is 92.3 Å². The first-order valence-corrected chi connectivity index (χ1v) is 6.39. The van der Waals surface area contributed by atoms with Gasteiger partial charge in [-0.2, -0.15) is 0 Å². The van der Waals surface area contributed by atoms with Crippen molar-refractivity contribution in [2.75, 3.05) is 0 Å². The van der Waals surface area contributed by atoms with Crippen LogP contribution in [-0.2, 0) is 0 Å². The van der Waals surface area contributed by atoms with Crippen molar-refractivity contribution < 1.29 is 0 Å². The fraction of sp³-hybridized carbons (Fsp3) is 0.200. The molecular formula is C10H12N2S2. The first-order valence-electron chi connectivity index (χ1n) is 4.24. The molecule has 0 amide bonds. The predicted molar refractivity (Wildman–Crippen MR) is 65.6 cm³/mol. The molecule has 1 aromatic heterocycles. The van der Waals surface area contributed by atoms with Crippen LogP contribution < -0.4 is 0 Å². The van der Waals surface area contributed by atoms with Gasteiger partial charge in [0.25, 0.3) is 0 Å². The quantitative estimate of drug-likeness (QED) is 0.444. The number of aliphatic imine (C=N–C) groups is 1. The summed E-state index contributed by atoms with van der Waals surface area (Å²) in [5.41, 5.74) is 0. The molecule has 0 spiro atoms. The van der Waals surface area contributed by atoms with Gasteiger partial charge >= 0.3 is 0 Å². The third-order valence-electron chi connectivity index (χ3n) is 1.29. The topological polar surface area (TPSA) is 25.2 Å². The molecule has 0 atom stereocenters. The van der Waals surface area contributed by atoms with Crippen LogP contribution in [0.15, 0.2) is 46.7 Å². The fourth-order valence-electron chi connectivity index (χ4n) is 0.700. The van der Waals surface area contributed by atoms with Crippen LogP contribution in [-0.4, -0.2) is 10.0 Å². The van der Waals surface area contributed by atoms with Crippen molar-refractivity contribution in [1.82, 2.24) is 4.98 Å². The molecule has 1 aromatic rings. The van der Waals surface area contributed by atoms with Gasteiger partial charge in [0.15, 0.2) is 0 Å². The van der Waals surface area contributed by atoms with E-state index in [4.69, 9.17) is 0 Å². The molecule has 0 fully saturated rings. The lowest BCUT2D eigenvalue weighted by Gasteiger charge is -1.97. The normalized spacial score (nSPS) is 12.3. The van der Waals surface area contributed by atoms with E-state index >= 15 is 0 Å². The molecule has 4 heteroatoms. The minimum absolute atomic E-state index is 1.01. The van der Waals surface area contributed by atoms with Crippen molar-refractivity contribution in [3.8, 4) is 0 Å². The summed E-state index contributed by atoms with van der Waals surface area (Å²) >= 11 is 0. The van der Waals surface area contributed by atoms with Crippen molar-refractivity contribution >= 4 is 26.6 Å². The van der Waals surface area contributed by atoms with Crippen molar-refractivity contribution in [2.45, 2.75) is 18.9 Å². The second-order valence-corrected chi connectivity index (χ2v) is 4.81. The van der Waals surface area contributed by atoms with Crippen LogP contribution in [0.5, 0.6) is 0 Å². The third kappa shape index (κ3) is 4.48. The highest BCUT2D eigenvalue weighted by atomic mass is 33.1. The number of allylic oxidation sites excluding steroid dienone is 1. The lowest BCUT2D eigenvalue weighted by molar-refractivity contribution is 1.14. The Bertz CT molecular complexity index is 320. The summed E-state index contributed by atoms with van der Waals surface area (Å²) in [5.74, 6) is 0. The van der Waals surface area contributed by atoms with E-state index in [0.29, 0.717) is 0 Å². The summed E-state index contributed by atoms with van der Waals surface area (Å²) in [5, 5.41) is 2.03. The van der Waals surface area contributed by atoms with Gasteiger partial charge in [-0.05, 0) is 47.6 Å². The summed E-state index contributed by atoms with van der Waals surface area (Å²) in [6.07, 6.45) is 5.50. The fourth-order valence-corrected chi connectivity index (χ4v) is 2.29. The van der Waals surface area contributed by atoms with E-state index < -0.39 is 0 Å². The molecule has 74 valence electrons. The van der Waals surface area contributed by atoms with Crippen LogP contribution in [0, 0.1) is 0 Å². The average molecular weight is 224 g/mol. The molecule has 14 heavy (non-hydrogen) atoms. The van der Waals surface area contributed by atoms with E-state index in [1.807, 2.05) is 38.1 Å². The number of hydrogen-bond donors (Lipinski definition) is 0. The summed E-state index contributed by atoms with van der Waals surface area (Å²) in [4.78, 5) is 8.41. The van der Waals surface area contributed by atoms with E-state index in [9.17, 15) is 0 Å². The summed E-state index contributed by atoms with van der Waals surface area (Å²) < 4.78 is 0. The standard InChI is InChI=1S/C10H12N2S2/c1-3-7-11-9(2)13-14-10-6-4-5-8-12-10/h3-8H,1-2H3/b7-3-,11-9+. The Morgan fingerprint density at radius 2 is 2.36 bits per heavy atom. The van der Waals surface area contributed by atoms with E-state index in [-0.39, 0.29) is 0 Å². The molecule has 0 saturated carbocycles. The van der Waals surface area contributed by atoms with Gasteiger partial charge in [0.1, 0.15) is 5.03 Å². The molecule has 0 aliphatic rings. The molecule has 0 radical (unpaired) electrons. The lowest BCUT2D eigenvalue weighted by atomic mass is 10.5. The molecule has 0 N–H and O–H groups in total. The maximum absolute atomic E-state index is 4.21. The number of nitrogens with zero attached hydrogens (tertiary/aromatic N) is 2. The van der Waals surface area contributed by atoms with Gasteiger partial charge in [0.2, 0.25) is 0 Å². The Morgan fingerprint density at radius 1 is 1.50 bits per heavy atom. The Balaban J connectivity index is 2.41. The minimum Gasteiger partial charge on any atom is -0.254 e. The summed E-state index contributed by atoms with van der Waals surface area (Å²) in [6, 6.07) is 5.88. The third-order valence-corrected chi connectivity index (χ3v) is 3.62. The SMILES string of the molecule is C/C=C\N=C(/C)SSc1ccccn1. The average Bonchev–Trinajstić information content (AvgIpc) is 2.25. The maximum Gasteiger partial charge on any atom is 0.107 e. The van der Waals surface area contributed by atoms with Crippen molar-refractivity contribution in [1.29, 1.82) is 0 Å². The second-order valence-electron chi connectivity index (χ2n) is 2.47. The Morgan fingerprint density at radius 3 is 3.00 bits per heavy atom. The van der Waals surface area contributed by atoms with E-state index in [2.05, 4.69) is 9.98 Å².